The van der Waals surface area contributed by atoms with Crippen molar-refractivity contribution in [2.75, 3.05) is 6.61 Å². The van der Waals surface area contributed by atoms with Gasteiger partial charge in [0, 0.05) is 0 Å². The van der Waals surface area contributed by atoms with Crippen LogP contribution in [0, 0.1) is 5.92 Å². The summed E-state index contributed by atoms with van der Waals surface area (Å²) < 4.78 is 18.6. The molecule has 1 heterocycles. The Kier molecular flexibility index (Phi) is 3.83. The molecule has 0 saturated carbocycles. The summed E-state index contributed by atoms with van der Waals surface area (Å²) in [5.41, 5.74) is 0. The van der Waals surface area contributed by atoms with Gasteiger partial charge in [0.25, 0.3) is 0 Å². The average Bonchev–Trinajstić information content (AvgIpc) is 2.14. The summed E-state index contributed by atoms with van der Waals surface area (Å²) in [6, 6.07) is 0. The minimum Gasteiger partial charge on any atom is -0.394 e. The van der Waals surface area contributed by atoms with Crippen LogP contribution in [0.4, 0.5) is 4.39 Å². The van der Waals surface area contributed by atoms with E-state index in [0.717, 1.165) is 0 Å². The molecule has 0 aliphatic carbocycles. The maximum absolute atomic E-state index is 13.4. The summed E-state index contributed by atoms with van der Waals surface area (Å²) >= 11 is 0. The normalized spacial score (nSPS) is 44.4. The number of rotatable bonds is 2. The van der Waals surface area contributed by atoms with Gasteiger partial charge >= 0.3 is 0 Å². The van der Waals surface area contributed by atoms with Crippen LogP contribution in [0.3, 0.4) is 0 Å². The Hall–Kier alpha value is -0.230. The topological polar surface area (TPSA) is 69.9 Å². The Morgan fingerprint density at radius 3 is 2.29 bits per heavy atom. The van der Waals surface area contributed by atoms with E-state index in [0.29, 0.717) is 0 Å². The molecule has 1 rings (SSSR count). The molecule has 0 spiro atoms. The zero-order valence-corrected chi connectivity index (χ0v) is 8.30. The number of aliphatic hydroxyl groups is 3. The average molecular weight is 208 g/mol. The van der Waals surface area contributed by atoms with Crippen molar-refractivity contribution in [3.63, 3.8) is 0 Å². The zero-order chi connectivity index (χ0) is 10.9. The van der Waals surface area contributed by atoms with Crippen molar-refractivity contribution in [3.05, 3.63) is 0 Å². The Labute approximate surface area is 82.3 Å². The number of halogens is 1. The third kappa shape index (κ3) is 2.06. The zero-order valence-electron chi connectivity index (χ0n) is 8.30. The lowest BCUT2D eigenvalue weighted by atomic mass is 9.90. The van der Waals surface area contributed by atoms with E-state index in [-0.39, 0.29) is 5.92 Å². The largest absolute Gasteiger partial charge is 0.394 e. The fourth-order valence-electron chi connectivity index (χ4n) is 1.64. The number of aliphatic hydroxyl groups excluding tert-OH is 3. The van der Waals surface area contributed by atoms with Gasteiger partial charge in [0.1, 0.15) is 18.3 Å². The third-order valence-electron chi connectivity index (χ3n) is 2.54. The first kappa shape index (κ1) is 11.8. The van der Waals surface area contributed by atoms with Gasteiger partial charge in [0.2, 0.25) is 0 Å². The molecule has 0 amide bonds. The van der Waals surface area contributed by atoms with Crippen LogP contribution >= 0.6 is 0 Å². The van der Waals surface area contributed by atoms with Gasteiger partial charge in [-0.25, -0.2) is 4.39 Å². The molecule has 4 nitrogen and oxygen atoms in total. The molecule has 5 atom stereocenters. The van der Waals surface area contributed by atoms with Crippen LogP contribution in [0.25, 0.3) is 0 Å². The fraction of sp³-hybridized carbons (Fsp3) is 1.00. The Morgan fingerprint density at radius 2 is 1.86 bits per heavy atom. The molecule has 84 valence electrons. The maximum Gasteiger partial charge on any atom is 0.155 e. The van der Waals surface area contributed by atoms with Gasteiger partial charge in [-0.1, -0.05) is 13.8 Å². The minimum absolute atomic E-state index is 0.110. The predicted octanol–water partition coefficient (Wildman–Crippen LogP) is -0.538. The molecule has 14 heavy (non-hydrogen) atoms. The highest BCUT2D eigenvalue weighted by Gasteiger charge is 2.45. The van der Waals surface area contributed by atoms with Crippen LogP contribution in [0.2, 0.25) is 0 Å². The summed E-state index contributed by atoms with van der Waals surface area (Å²) in [4.78, 5) is 0. The van der Waals surface area contributed by atoms with Crippen LogP contribution in [-0.4, -0.2) is 52.5 Å². The highest BCUT2D eigenvalue weighted by molar-refractivity contribution is 4.93. The van der Waals surface area contributed by atoms with Crippen LogP contribution in [-0.2, 0) is 4.74 Å². The van der Waals surface area contributed by atoms with Crippen molar-refractivity contribution in [1.82, 2.24) is 0 Å². The van der Waals surface area contributed by atoms with E-state index in [1.165, 1.54) is 0 Å². The molecular weight excluding hydrogens is 191 g/mol. The third-order valence-corrected chi connectivity index (χ3v) is 2.54. The Bertz CT molecular complexity index is 186. The second kappa shape index (κ2) is 4.53. The molecule has 0 bridgehead atoms. The summed E-state index contributed by atoms with van der Waals surface area (Å²) in [5.74, 6) is -0.110. The first-order valence-electron chi connectivity index (χ1n) is 4.75. The van der Waals surface area contributed by atoms with Crippen LogP contribution in [0.15, 0.2) is 0 Å². The van der Waals surface area contributed by atoms with Crippen LogP contribution in [0.5, 0.6) is 0 Å². The molecule has 0 aromatic carbocycles. The van der Waals surface area contributed by atoms with Crippen LogP contribution < -0.4 is 0 Å². The highest BCUT2D eigenvalue weighted by Crippen LogP contribution is 2.27. The van der Waals surface area contributed by atoms with Crippen molar-refractivity contribution in [2.24, 2.45) is 5.92 Å². The van der Waals surface area contributed by atoms with E-state index in [2.05, 4.69) is 0 Å². The van der Waals surface area contributed by atoms with Crippen molar-refractivity contribution in [3.8, 4) is 0 Å². The number of hydrogen-bond acceptors (Lipinski definition) is 4. The molecule has 5 heteroatoms. The first-order chi connectivity index (χ1) is 6.49. The monoisotopic (exact) mass is 208 g/mol. The van der Waals surface area contributed by atoms with E-state index >= 15 is 0 Å². The number of ether oxygens (including phenoxy) is 1. The van der Waals surface area contributed by atoms with Gasteiger partial charge in [-0.15, -0.1) is 0 Å². The summed E-state index contributed by atoms with van der Waals surface area (Å²) in [6.45, 7) is 3.10. The Morgan fingerprint density at radius 1 is 1.29 bits per heavy atom. The van der Waals surface area contributed by atoms with Gasteiger partial charge in [-0.3, -0.25) is 0 Å². The predicted molar refractivity (Wildman–Crippen MR) is 47.5 cm³/mol. The van der Waals surface area contributed by atoms with E-state index in [9.17, 15) is 14.6 Å². The molecule has 3 N–H and O–H groups in total. The molecule has 1 aliphatic heterocycles. The summed E-state index contributed by atoms with van der Waals surface area (Å²) in [7, 11) is 0. The molecule has 1 saturated heterocycles. The molecule has 2 unspecified atom stereocenters. The van der Waals surface area contributed by atoms with Gasteiger partial charge in [0.15, 0.2) is 6.17 Å². The van der Waals surface area contributed by atoms with Gasteiger partial charge in [-0.05, 0) is 5.92 Å². The molecule has 1 aliphatic rings. The second-order valence-corrected chi connectivity index (χ2v) is 3.99. The quantitative estimate of drug-likeness (QED) is 0.570. The van der Waals surface area contributed by atoms with E-state index < -0.39 is 37.2 Å². The van der Waals surface area contributed by atoms with Gasteiger partial charge in [-0.2, -0.15) is 0 Å². The lowest BCUT2D eigenvalue weighted by molar-refractivity contribution is -0.221. The van der Waals surface area contributed by atoms with Crippen LogP contribution in [0.1, 0.15) is 13.8 Å². The van der Waals surface area contributed by atoms with E-state index in [1.807, 2.05) is 0 Å². The molecule has 0 aromatic heterocycles. The fourth-order valence-corrected chi connectivity index (χ4v) is 1.64. The highest BCUT2D eigenvalue weighted by atomic mass is 19.1. The molecule has 0 radical (unpaired) electrons. The lowest BCUT2D eigenvalue weighted by Gasteiger charge is -2.40. The first-order valence-corrected chi connectivity index (χ1v) is 4.75. The molecule has 1 fully saturated rings. The minimum atomic E-state index is -1.60. The van der Waals surface area contributed by atoms with Crippen molar-refractivity contribution in [1.29, 1.82) is 0 Å². The van der Waals surface area contributed by atoms with Crippen molar-refractivity contribution in [2.45, 2.75) is 44.4 Å². The summed E-state index contributed by atoms with van der Waals surface area (Å²) in [5, 5.41) is 27.5. The summed E-state index contributed by atoms with van der Waals surface area (Å²) in [6.07, 6.45) is -6.11. The lowest BCUT2D eigenvalue weighted by Crippen LogP contribution is -2.58. The van der Waals surface area contributed by atoms with Gasteiger partial charge in [0.05, 0.1) is 12.7 Å². The van der Waals surface area contributed by atoms with E-state index in [4.69, 9.17) is 9.84 Å². The maximum atomic E-state index is 13.4. The molecule has 0 aromatic rings. The number of alkyl halides is 1. The molecular formula is C9H17FO4. The van der Waals surface area contributed by atoms with Gasteiger partial charge < -0.3 is 20.1 Å². The smallest absolute Gasteiger partial charge is 0.155 e. The Balaban J connectivity index is 2.73. The number of hydrogen-bond donors (Lipinski definition) is 3. The van der Waals surface area contributed by atoms with Crippen molar-refractivity contribution >= 4 is 0 Å². The van der Waals surface area contributed by atoms with Crippen molar-refractivity contribution < 1.29 is 24.4 Å². The standard InChI is InChI=1S/C9H17FO4/c1-4(2)9-6(10)8(13)7(12)5(3-11)14-9/h4-9,11-13H,3H2,1-2H3/t5?,6?,7-,8-,9+/m1/s1. The second-order valence-electron chi connectivity index (χ2n) is 3.99. The SMILES string of the molecule is CC(C)[C@@H]1OC(CO)[C@@H](O)[C@H](O)C1F. The van der Waals surface area contributed by atoms with E-state index in [1.54, 1.807) is 13.8 Å².